The first kappa shape index (κ1) is 34.2. The van der Waals surface area contributed by atoms with E-state index in [-0.39, 0.29) is 11.5 Å². The van der Waals surface area contributed by atoms with E-state index in [1.165, 1.54) is 55.3 Å². The Morgan fingerprint density at radius 2 is 1.19 bits per heavy atom. The standard InChI is InChI=1S/C53H41N5/c1-53-34-42(38-26-24-37(25-27-38)41-28-30-48-46(33-41)45-22-11-12-23-47(45)58(48)44-20-9-4-10-21-44)29-31-49(53)57(35-36-14-13-19-43(53)32-36)52-55-50(39-15-5-2-6-16-39)54-51(56-52)40-17-7-3-8-18-40/h2-31,33-34,36,49H,32,35H2,1H3. The normalized spacial score (nSPS) is 19.8. The van der Waals surface area contributed by atoms with E-state index in [1.807, 2.05) is 36.4 Å². The summed E-state index contributed by atoms with van der Waals surface area (Å²) >= 11 is 0. The van der Waals surface area contributed by atoms with E-state index in [0.29, 0.717) is 23.5 Å². The maximum absolute atomic E-state index is 5.20. The Kier molecular flexibility index (Phi) is 8.14. The van der Waals surface area contributed by atoms with E-state index in [9.17, 15) is 0 Å². The summed E-state index contributed by atoms with van der Waals surface area (Å²) in [6, 6.07) is 55.9. The molecule has 1 saturated heterocycles. The van der Waals surface area contributed by atoms with Crippen molar-refractivity contribution < 1.29 is 0 Å². The van der Waals surface area contributed by atoms with Crippen LogP contribution in [0.1, 0.15) is 18.9 Å². The van der Waals surface area contributed by atoms with Gasteiger partial charge in [0.25, 0.3) is 0 Å². The van der Waals surface area contributed by atoms with Gasteiger partial charge in [-0.25, -0.2) is 4.98 Å². The van der Waals surface area contributed by atoms with Crippen molar-refractivity contribution in [2.45, 2.75) is 19.4 Å². The van der Waals surface area contributed by atoms with Crippen LogP contribution in [0.5, 0.6) is 0 Å². The predicted octanol–water partition coefficient (Wildman–Crippen LogP) is 12.3. The van der Waals surface area contributed by atoms with E-state index in [1.54, 1.807) is 0 Å². The quantitative estimate of drug-likeness (QED) is 0.170. The average Bonchev–Trinajstić information content (AvgIpc) is 3.59. The maximum Gasteiger partial charge on any atom is 0.230 e. The third-order valence-corrected chi connectivity index (χ3v) is 12.3. The predicted molar refractivity (Wildman–Crippen MR) is 239 cm³/mol. The van der Waals surface area contributed by atoms with Crippen molar-refractivity contribution in [1.82, 2.24) is 19.5 Å². The van der Waals surface area contributed by atoms with Gasteiger partial charge in [-0.05, 0) is 71.9 Å². The molecule has 3 heterocycles. The van der Waals surface area contributed by atoms with Crippen LogP contribution in [0, 0.1) is 11.3 Å². The van der Waals surface area contributed by atoms with Gasteiger partial charge in [0.15, 0.2) is 11.6 Å². The SMILES string of the molecule is CC12C=C(c3ccc(-c4ccc5c(c4)c4ccccc4n5-c4ccccc4)cc3)C=CC1N(c1nc(-c3ccccc3)nc(-c3ccccc3)n1)CC1C=CC=C2C1. The zero-order valence-corrected chi connectivity index (χ0v) is 32.3. The summed E-state index contributed by atoms with van der Waals surface area (Å²) in [5.74, 6) is 2.43. The van der Waals surface area contributed by atoms with E-state index >= 15 is 0 Å². The van der Waals surface area contributed by atoms with Gasteiger partial charge in [0.05, 0.1) is 17.1 Å². The second kappa shape index (κ2) is 13.8. The van der Waals surface area contributed by atoms with Crippen molar-refractivity contribution in [3.05, 3.63) is 205 Å². The van der Waals surface area contributed by atoms with Crippen LogP contribution in [-0.4, -0.2) is 32.1 Å². The smallest absolute Gasteiger partial charge is 0.230 e. The highest BCUT2D eigenvalue weighted by Gasteiger charge is 2.45. The molecular formula is C53H41N5. The van der Waals surface area contributed by atoms with E-state index in [2.05, 4.69) is 174 Å². The highest BCUT2D eigenvalue weighted by molar-refractivity contribution is 6.10. The first-order chi connectivity index (χ1) is 28.6. The minimum atomic E-state index is -0.285. The number of hydrogen-bond acceptors (Lipinski definition) is 4. The highest BCUT2D eigenvalue weighted by Crippen LogP contribution is 2.49. The lowest BCUT2D eigenvalue weighted by atomic mass is 9.68. The Balaban J connectivity index is 0.957. The molecule has 1 fully saturated rings. The molecule has 0 radical (unpaired) electrons. The van der Waals surface area contributed by atoms with Crippen LogP contribution in [0.25, 0.3) is 67.0 Å². The summed E-state index contributed by atoms with van der Waals surface area (Å²) in [6.45, 7) is 3.21. The lowest BCUT2D eigenvalue weighted by Crippen LogP contribution is -2.46. The molecule has 5 heteroatoms. The van der Waals surface area contributed by atoms with Crippen LogP contribution < -0.4 is 4.90 Å². The van der Waals surface area contributed by atoms with Crippen LogP contribution in [0.3, 0.4) is 0 Å². The molecule has 58 heavy (non-hydrogen) atoms. The number of benzene rings is 6. The molecule has 2 aromatic heterocycles. The van der Waals surface area contributed by atoms with Crippen molar-refractivity contribution in [2.75, 3.05) is 11.4 Å². The summed E-state index contributed by atoms with van der Waals surface area (Å²) in [5, 5.41) is 2.52. The third kappa shape index (κ3) is 5.81. The number of aromatic nitrogens is 4. The molecule has 0 amide bonds. The Bertz CT molecular complexity index is 2900. The van der Waals surface area contributed by atoms with E-state index in [4.69, 9.17) is 15.0 Å². The van der Waals surface area contributed by atoms with Gasteiger partial charge >= 0.3 is 0 Å². The molecule has 0 saturated carbocycles. The van der Waals surface area contributed by atoms with Crippen molar-refractivity contribution in [3.8, 4) is 39.6 Å². The van der Waals surface area contributed by atoms with Crippen LogP contribution >= 0.6 is 0 Å². The third-order valence-electron chi connectivity index (χ3n) is 12.3. The summed E-state index contributed by atoms with van der Waals surface area (Å²) < 4.78 is 2.37. The monoisotopic (exact) mass is 747 g/mol. The highest BCUT2D eigenvalue weighted by atomic mass is 15.3. The number of hydrogen-bond donors (Lipinski definition) is 0. The zero-order chi connectivity index (χ0) is 38.6. The molecule has 2 aliphatic carbocycles. The molecular weight excluding hydrogens is 707 g/mol. The molecule has 6 aromatic carbocycles. The molecule has 2 bridgehead atoms. The van der Waals surface area contributed by atoms with Gasteiger partial charge in [0.1, 0.15) is 0 Å². The van der Waals surface area contributed by atoms with Gasteiger partial charge in [-0.2, -0.15) is 9.97 Å². The number of allylic oxidation sites excluding steroid dienone is 4. The summed E-state index contributed by atoms with van der Waals surface area (Å²) in [7, 11) is 0. The molecule has 0 N–H and O–H groups in total. The summed E-state index contributed by atoms with van der Waals surface area (Å²) in [6.07, 6.45) is 15.1. The Morgan fingerprint density at radius 1 is 0.569 bits per heavy atom. The molecule has 3 unspecified atom stereocenters. The van der Waals surface area contributed by atoms with Crippen molar-refractivity contribution >= 4 is 33.3 Å². The molecule has 0 spiro atoms. The first-order valence-corrected chi connectivity index (χ1v) is 20.2. The van der Waals surface area contributed by atoms with E-state index < -0.39 is 0 Å². The number of para-hydroxylation sites is 2. The lowest BCUT2D eigenvalue weighted by molar-refractivity contribution is 0.433. The number of fused-ring (bicyclic) bond motifs is 7. The Hall–Kier alpha value is -7.11. The van der Waals surface area contributed by atoms with Gasteiger partial charge in [-0.15, -0.1) is 0 Å². The van der Waals surface area contributed by atoms with Crippen molar-refractivity contribution in [3.63, 3.8) is 0 Å². The maximum atomic E-state index is 5.20. The molecule has 1 aliphatic heterocycles. The molecule has 3 atom stereocenters. The largest absolute Gasteiger partial charge is 0.332 e. The molecule has 3 aliphatic rings. The molecule has 278 valence electrons. The minimum Gasteiger partial charge on any atom is -0.332 e. The van der Waals surface area contributed by atoms with Crippen LogP contribution in [-0.2, 0) is 0 Å². The van der Waals surface area contributed by atoms with Gasteiger partial charge in [-0.1, -0.05) is 169 Å². The molecule has 8 aromatic rings. The Morgan fingerprint density at radius 3 is 1.91 bits per heavy atom. The fourth-order valence-electron chi connectivity index (χ4n) is 9.37. The van der Waals surface area contributed by atoms with Crippen LogP contribution in [0.2, 0.25) is 0 Å². The molecule has 11 rings (SSSR count). The van der Waals surface area contributed by atoms with Gasteiger partial charge in [-0.3, -0.25) is 0 Å². The van der Waals surface area contributed by atoms with Gasteiger partial charge in [0.2, 0.25) is 5.95 Å². The number of nitrogens with zero attached hydrogens (tertiary/aromatic N) is 5. The fraction of sp³-hybridized carbons (Fsp3) is 0.113. The second-order valence-corrected chi connectivity index (χ2v) is 15.9. The lowest BCUT2D eigenvalue weighted by Gasteiger charge is -2.42. The van der Waals surface area contributed by atoms with Gasteiger partial charge in [0, 0.05) is 39.5 Å². The number of anilines is 1. The van der Waals surface area contributed by atoms with Crippen molar-refractivity contribution in [1.29, 1.82) is 0 Å². The summed E-state index contributed by atoms with van der Waals surface area (Å²) in [5.41, 5.74) is 11.6. The van der Waals surface area contributed by atoms with Crippen molar-refractivity contribution in [2.24, 2.45) is 11.3 Å². The first-order valence-electron chi connectivity index (χ1n) is 20.2. The van der Waals surface area contributed by atoms with E-state index in [0.717, 1.165) is 24.1 Å². The molecule has 5 nitrogen and oxygen atoms in total. The zero-order valence-electron chi connectivity index (χ0n) is 32.3. The second-order valence-electron chi connectivity index (χ2n) is 15.9. The van der Waals surface area contributed by atoms with Crippen LogP contribution in [0.15, 0.2) is 200 Å². The van der Waals surface area contributed by atoms with Crippen LogP contribution in [0.4, 0.5) is 5.95 Å². The summed E-state index contributed by atoms with van der Waals surface area (Å²) in [4.78, 5) is 17.8. The Labute approximate surface area is 338 Å². The average molecular weight is 748 g/mol. The fourth-order valence-corrected chi connectivity index (χ4v) is 9.37. The minimum absolute atomic E-state index is 0.0195. The van der Waals surface area contributed by atoms with Gasteiger partial charge < -0.3 is 9.47 Å². The number of rotatable bonds is 6. The topological polar surface area (TPSA) is 46.8 Å².